The number of rotatable bonds is 4. The molecule has 1 aromatic rings. The van der Waals surface area contributed by atoms with E-state index in [9.17, 15) is 4.79 Å². The van der Waals surface area contributed by atoms with E-state index in [-0.39, 0.29) is 5.78 Å². The molecule has 1 aliphatic rings. The van der Waals surface area contributed by atoms with E-state index in [4.69, 9.17) is 4.74 Å². The Morgan fingerprint density at radius 3 is 2.47 bits per heavy atom. The molecule has 0 N–H and O–H groups in total. The standard InChI is InChI=1S/C15H18O2/c1-11(12(2)16)14-8-15(9-14)17-10-13-6-4-3-5-7-13/h3-7,15H,8-10H2,1-2H3. The van der Waals surface area contributed by atoms with Crippen molar-refractivity contribution in [3.63, 3.8) is 0 Å². The lowest BCUT2D eigenvalue weighted by molar-refractivity contribution is -0.113. The van der Waals surface area contributed by atoms with Crippen molar-refractivity contribution in [2.24, 2.45) is 0 Å². The molecule has 1 saturated carbocycles. The molecular formula is C15H18O2. The third kappa shape index (κ3) is 3.04. The van der Waals surface area contributed by atoms with Crippen LogP contribution in [-0.4, -0.2) is 11.9 Å². The van der Waals surface area contributed by atoms with E-state index >= 15 is 0 Å². The fourth-order valence-electron chi connectivity index (χ4n) is 1.95. The third-order valence-electron chi connectivity index (χ3n) is 3.34. The second kappa shape index (κ2) is 5.28. The van der Waals surface area contributed by atoms with Crippen LogP contribution in [0.4, 0.5) is 0 Å². The number of carbonyl (C=O) groups is 1. The molecular weight excluding hydrogens is 212 g/mol. The van der Waals surface area contributed by atoms with Gasteiger partial charge in [0.1, 0.15) is 0 Å². The van der Waals surface area contributed by atoms with Crippen LogP contribution in [0.25, 0.3) is 0 Å². The average Bonchev–Trinajstić information content (AvgIpc) is 2.28. The van der Waals surface area contributed by atoms with Crippen LogP contribution in [0.3, 0.4) is 0 Å². The topological polar surface area (TPSA) is 26.3 Å². The van der Waals surface area contributed by atoms with Crippen LogP contribution < -0.4 is 0 Å². The van der Waals surface area contributed by atoms with Crippen LogP contribution in [0, 0.1) is 0 Å². The number of ketones is 1. The van der Waals surface area contributed by atoms with E-state index in [1.54, 1.807) is 6.92 Å². The van der Waals surface area contributed by atoms with Crippen molar-refractivity contribution >= 4 is 5.78 Å². The second-order valence-corrected chi connectivity index (χ2v) is 4.61. The zero-order valence-electron chi connectivity index (χ0n) is 10.4. The van der Waals surface area contributed by atoms with Gasteiger partial charge in [0, 0.05) is 0 Å². The van der Waals surface area contributed by atoms with E-state index in [2.05, 4.69) is 12.1 Å². The monoisotopic (exact) mass is 230 g/mol. The summed E-state index contributed by atoms with van der Waals surface area (Å²) in [6.45, 7) is 4.20. The number of Topliss-reactive ketones (excluding diaryl/α,β-unsaturated/α-hetero) is 1. The molecule has 0 aliphatic heterocycles. The van der Waals surface area contributed by atoms with Crippen LogP contribution in [-0.2, 0) is 16.1 Å². The first-order valence-electron chi connectivity index (χ1n) is 6.02. The number of ether oxygens (including phenoxy) is 1. The van der Waals surface area contributed by atoms with E-state index in [1.165, 1.54) is 11.1 Å². The molecule has 0 amide bonds. The highest BCUT2D eigenvalue weighted by Crippen LogP contribution is 2.32. The van der Waals surface area contributed by atoms with E-state index in [0.29, 0.717) is 12.7 Å². The SMILES string of the molecule is CC(=O)C(C)=C1CC(OCc2ccccc2)C1. The fraction of sp³-hybridized carbons (Fsp3) is 0.400. The largest absolute Gasteiger partial charge is 0.373 e. The summed E-state index contributed by atoms with van der Waals surface area (Å²) < 4.78 is 5.78. The van der Waals surface area contributed by atoms with Crippen LogP contribution in [0.5, 0.6) is 0 Å². The van der Waals surface area contributed by atoms with Crippen molar-refractivity contribution in [3.05, 3.63) is 47.0 Å². The molecule has 0 bridgehead atoms. The molecule has 0 atom stereocenters. The summed E-state index contributed by atoms with van der Waals surface area (Å²) in [4.78, 5) is 11.2. The molecule has 2 rings (SSSR count). The van der Waals surface area contributed by atoms with Gasteiger partial charge in [-0.15, -0.1) is 0 Å². The van der Waals surface area contributed by atoms with Crippen LogP contribution in [0.2, 0.25) is 0 Å². The van der Waals surface area contributed by atoms with Crippen molar-refractivity contribution in [2.45, 2.75) is 39.4 Å². The number of hydrogen-bond donors (Lipinski definition) is 0. The van der Waals surface area contributed by atoms with Crippen LogP contribution in [0.15, 0.2) is 41.5 Å². The van der Waals surface area contributed by atoms with Gasteiger partial charge >= 0.3 is 0 Å². The second-order valence-electron chi connectivity index (χ2n) is 4.61. The Hall–Kier alpha value is -1.41. The first-order chi connectivity index (χ1) is 8.16. The highest BCUT2D eigenvalue weighted by Gasteiger charge is 2.26. The molecule has 0 heterocycles. The van der Waals surface area contributed by atoms with Crippen molar-refractivity contribution in [2.75, 3.05) is 0 Å². The van der Waals surface area contributed by atoms with Gasteiger partial charge in [-0.3, -0.25) is 4.79 Å². The Morgan fingerprint density at radius 1 is 1.24 bits per heavy atom. The Morgan fingerprint density at radius 2 is 1.88 bits per heavy atom. The Bertz CT molecular complexity index is 423. The van der Waals surface area contributed by atoms with Crippen molar-refractivity contribution < 1.29 is 9.53 Å². The quantitative estimate of drug-likeness (QED) is 0.742. The van der Waals surface area contributed by atoms with E-state index in [0.717, 1.165) is 18.4 Å². The zero-order chi connectivity index (χ0) is 12.3. The predicted octanol–water partition coefficient (Wildman–Crippen LogP) is 3.27. The maximum atomic E-state index is 11.2. The highest BCUT2D eigenvalue weighted by molar-refractivity contribution is 5.93. The summed E-state index contributed by atoms with van der Waals surface area (Å²) >= 11 is 0. The minimum absolute atomic E-state index is 0.182. The number of carbonyl (C=O) groups excluding carboxylic acids is 1. The molecule has 0 unspecified atom stereocenters. The average molecular weight is 230 g/mol. The third-order valence-corrected chi connectivity index (χ3v) is 3.34. The van der Waals surface area contributed by atoms with Gasteiger partial charge in [-0.25, -0.2) is 0 Å². The Labute approximate surface area is 102 Å². The number of benzene rings is 1. The first kappa shape index (κ1) is 12.1. The Kier molecular flexibility index (Phi) is 3.75. The first-order valence-corrected chi connectivity index (χ1v) is 6.02. The van der Waals surface area contributed by atoms with Gasteiger partial charge in [-0.2, -0.15) is 0 Å². The number of hydrogen-bond acceptors (Lipinski definition) is 2. The van der Waals surface area contributed by atoms with Crippen LogP contribution >= 0.6 is 0 Å². The highest BCUT2D eigenvalue weighted by atomic mass is 16.5. The lowest BCUT2D eigenvalue weighted by atomic mass is 9.84. The molecule has 2 heteroatoms. The molecule has 90 valence electrons. The van der Waals surface area contributed by atoms with Crippen molar-refractivity contribution in [3.8, 4) is 0 Å². The lowest BCUT2D eigenvalue weighted by Gasteiger charge is -2.30. The van der Waals surface area contributed by atoms with Gasteiger partial charge in [0.25, 0.3) is 0 Å². The van der Waals surface area contributed by atoms with Crippen molar-refractivity contribution in [1.29, 1.82) is 0 Å². The molecule has 1 fully saturated rings. The van der Waals surface area contributed by atoms with Crippen LogP contribution in [0.1, 0.15) is 32.3 Å². The molecule has 17 heavy (non-hydrogen) atoms. The molecule has 0 aromatic heterocycles. The number of allylic oxidation sites excluding steroid dienone is 1. The summed E-state index contributed by atoms with van der Waals surface area (Å²) in [6, 6.07) is 10.2. The smallest absolute Gasteiger partial charge is 0.155 e. The predicted molar refractivity (Wildman–Crippen MR) is 67.6 cm³/mol. The molecule has 0 radical (unpaired) electrons. The summed E-state index contributed by atoms with van der Waals surface area (Å²) in [5.74, 6) is 0.182. The maximum absolute atomic E-state index is 11.2. The minimum Gasteiger partial charge on any atom is -0.373 e. The fourth-order valence-corrected chi connectivity index (χ4v) is 1.95. The molecule has 0 saturated heterocycles. The molecule has 2 nitrogen and oxygen atoms in total. The summed E-state index contributed by atoms with van der Waals surface area (Å²) in [7, 11) is 0. The van der Waals surface area contributed by atoms with Gasteiger partial charge in [0.15, 0.2) is 5.78 Å². The lowest BCUT2D eigenvalue weighted by Crippen LogP contribution is -2.26. The van der Waals surface area contributed by atoms with Gasteiger partial charge < -0.3 is 4.74 Å². The minimum atomic E-state index is 0.182. The zero-order valence-corrected chi connectivity index (χ0v) is 10.4. The maximum Gasteiger partial charge on any atom is 0.155 e. The van der Waals surface area contributed by atoms with E-state index in [1.807, 2.05) is 25.1 Å². The van der Waals surface area contributed by atoms with Gasteiger partial charge in [-0.05, 0) is 37.8 Å². The molecule has 0 spiro atoms. The van der Waals surface area contributed by atoms with Gasteiger partial charge in [0.05, 0.1) is 12.7 Å². The molecule has 1 aliphatic carbocycles. The molecule has 1 aromatic carbocycles. The van der Waals surface area contributed by atoms with E-state index < -0.39 is 0 Å². The Balaban J connectivity index is 1.79. The van der Waals surface area contributed by atoms with Crippen molar-refractivity contribution in [1.82, 2.24) is 0 Å². The van der Waals surface area contributed by atoms with Gasteiger partial charge in [-0.1, -0.05) is 35.9 Å². The normalized spacial score (nSPS) is 18.7. The summed E-state index contributed by atoms with van der Waals surface area (Å²) in [5, 5.41) is 0. The summed E-state index contributed by atoms with van der Waals surface area (Å²) in [5.41, 5.74) is 3.38. The summed E-state index contributed by atoms with van der Waals surface area (Å²) in [6.07, 6.45) is 2.12. The van der Waals surface area contributed by atoms with Gasteiger partial charge in [0.2, 0.25) is 0 Å².